The van der Waals surface area contributed by atoms with Crippen molar-refractivity contribution in [1.29, 1.82) is 0 Å². The minimum Gasteiger partial charge on any atom is -0.493 e. The second kappa shape index (κ2) is 6.44. The molecule has 1 saturated heterocycles. The number of urea groups is 1. The normalized spacial score (nSPS) is 24.9. The van der Waals surface area contributed by atoms with Crippen LogP contribution in [0.15, 0.2) is 36.4 Å². The lowest BCUT2D eigenvalue weighted by atomic mass is 9.79. The van der Waals surface area contributed by atoms with Gasteiger partial charge in [-0.15, -0.1) is 0 Å². The lowest BCUT2D eigenvalue weighted by Crippen LogP contribution is -2.70. The van der Waals surface area contributed by atoms with Gasteiger partial charge in [-0.3, -0.25) is 10.1 Å². The second-order valence-corrected chi connectivity index (χ2v) is 7.45. The zero-order valence-corrected chi connectivity index (χ0v) is 16.3. The van der Waals surface area contributed by atoms with Crippen molar-refractivity contribution in [2.75, 3.05) is 12.4 Å². The number of amides is 3. The summed E-state index contributed by atoms with van der Waals surface area (Å²) in [5.74, 6) is 0.173. The van der Waals surface area contributed by atoms with Crippen molar-refractivity contribution in [2.24, 2.45) is 5.92 Å². The van der Waals surface area contributed by atoms with E-state index in [9.17, 15) is 9.59 Å². The first kappa shape index (κ1) is 18.2. The molecule has 2 bridgehead atoms. The Bertz CT molecular complexity index is 974. The van der Waals surface area contributed by atoms with Crippen LogP contribution in [-0.2, 0) is 4.79 Å². The van der Waals surface area contributed by atoms with Crippen LogP contribution < -0.4 is 25.4 Å². The molecule has 3 amide bonds. The summed E-state index contributed by atoms with van der Waals surface area (Å²) in [4.78, 5) is 25.5. The molecule has 2 aliphatic heterocycles. The zero-order valence-electron chi connectivity index (χ0n) is 16.3. The number of ether oxygens (including phenoxy) is 2. The van der Waals surface area contributed by atoms with Crippen LogP contribution in [0.1, 0.15) is 29.7 Å². The van der Waals surface area contributed by atoms with Gasteiger partial charge in [0.15, 0.2) is 17.2 Å². The minimum absolute atomic E-state index is 0.236. The molecular formula is C21H23N3O4. The van der Waals surface area contributed by atoms with E-state index in [1.165, 1.54) is 0 Å². The van der Waals surface area contributed by atoms with Gasteiger partial charge in [0.2, 0.25) is 5.91 Å². The summed E-state index contributed by atoms with van der Waals surface area (Å²) in [5.41, 5.74) is 2.33. The second-order valence-electron chi connectivity index (χ2n) is 7.45. The van der Waals surface area contributed by atoms with Gasteiger partial charge in [0.05, 0.1) is 13.2 Å². The van der Waals surface area contributed by atoms with Gasteiger partial charge in [-0.1, -0.05) is 29.8 Å². The van der Waals surface area contributed by atoms with E-state index in [0.717, 1.165) is 16.8 Å². The predicted molar refractivity (Wildman–Crippen MR) is 104 cm³/mol. The summed E-state index contributed by atoms with van der Waals surface area (Å²) in [7, 11) is 1.56. The van der Waals surface area contributed by atoms with Crippen LogP contribution in [0.2, 0.25) is 0 Å². The maximum Gasteiger partial charge on any atom is 0.318 e. The topological polar surface area (TPSA) is 88.7 Å². The van der Waals surface area contributed by atoms with E-state index in [1.807, 2.05) is 44.2 Å². The lowest BCUT2D eigenvalue weighted by molar-refractivity contribution is -0.133. The van der Waals surface area contributed by atoms with Crippen molar-refractivity contribution in [2.45, 2.75) is 32.5 Å². The fourth-order valence-electron chi connectivity index (χ4n) is 4.05. The molecule has 0 unspecified atom stereocenters. The quantitative estimate of drug-likeness (QED) is 0.763. The van der Waals surface area contributed by atoms with Crippen molar-refractivity contribution in [3.8, 4) is 11.5 Å². The monoisotopic (exact) mass is 381 g/mol. The van der Waals surface area contributed by atoms with Gasteiger partial charge in [-0.2, -0.15) is 0 Å². The van der Waals surface area contributed by atoms with Crippen LogP contribution >= 0.6 is 0 Å². The SMILES string of the molecule is COc1cccc2c1O[C@@]1(C)NC(=O)N[C@@H]2[C@@H]1C(=O)Nc1ccc(C)cc1C. The highest BCUT2D eigenvalue weighted by atomic mass is 16.5. The van der Waals surface area contributed by atoms with Crippen molar-refractivity contribution >= 4 is 17.6 Å². The third-order valence-corrected chi connectivity index (χ3v) is 5.38. The molecule has 0 radical (unpaired) electrons. The number of aryl methyl sites for hydroxylation is 2. The Hall–Kier alpha value is -3.22. The highest BCUT2D eigenvalue weighted by Gasteiger charge is 2.56. The largest absolute Gasteiger partial charge is 0.493 e. The molecular weight excluding hydrogens is 358 g/mol. The molecule has 2 heterocycles. The van der Waals surface area contributed by atoms with Gasteiger partial charge in [0.25, 0.3) is 0 Å². The Morgan fingerprint density at radius 2 is 2.04 bits per heavy atom. The van der Waals surface area contributed by atoms with Gasteiger partial charge in [-0.25, -0.2) is 4.79 Å². The van der Waals surface area contributed by atoms with E-state index in [4.69, 9.17) is 9.47 Å². The van der Waals surface area contributed by atoms with E-state index in [0.29, 0.717) is 17.1 Å². The molecule has 3 N–H and O–H groups in total. The molecule has 0 aliphatic carbocycles. The van der Waals surface area contributed by atoms with E-state index >= 15 is 0 Å². The number of nitrogens with one attached hydrogen (secondary N) is 3. The summed E-state index contributed by atoms with van der Waals surface area (Å²) < 4.78 is 11.5. The summed E-state index contributed by atoms with van der Waals surface area (Å²) in [6.45, 7) is 5.66. The maximum atomic E-state index is 13.3. The lowest BCUT2D eigenvalue weighted by Gasteiger charge is -2.49. The molecule has 28 heavy (non-hydrogen) atoms. The van der Waals surface area contributed by atoms with Gasteiger partial charge in [0.1, 0.15) is 5.92 Å². The average molecular weight is 381 g/mol. The molecule has 0 aromatic heterocycles. The molecule has 4 rings (SSSR count). The molecule has 2 aromatic rings. The molecule has 2 aromatic carbocycles. The van der Waals surface area contributed by atoms with Crippen molar-refractivity contribution in [1.82, 2.24) is 10.6 Å². The average Bonchev–Trinajstić information content (AvgIpc) is 2.62. The summed E-state index contributed by atoms with van der Waals surface area (Å²) >= 11 is 0. The van der Waals surface area contributed by atoms with E-state index in [2.05, 4.69) is 16.0 Å². The van der Waals surface area contributed by atoms with Gasteiger partial charge < -0.3 is 20.1 Å². The molecule has 7 heteroatoms. The smallest absolute Gasteiger partial charge is 0.318 e. The number of para-hydroxylation sites is 1. The number of fused-ring (bicyclic) bond motifs is 4. The third-order valence-electron chi connectivity index (χ3n) is 5.38. The van der Waals surface area contributed by atoms with Crippen LogP contribution in [0, 0.1) is 19.8 Å². The standard InChI is InChI=1S/C21H23N3O4/c1-11-8-9-14(12(2)10-11)22-19(25)16-17-13-6-5-7-15(27-4)18(13)28-21(16,3)24-20(26)23-17/h5-10,16-17H,1-4H3,(H,22,25)(H2,23,24,26)/t16-,17+,21-/m1/s1. The highest BCUT2D eigenvalue weighted by molar-refractivity contribution is 5.96. The van der Waals surface area contributed by atoms with Crippen LogP contribution in [0.4, 0.5) is 10.5 Å². The number of rotatable bonds is 3. The molecule has 0 spiro atoms. The fraction of sp³-hybridized carbons (Fsp3) is 0.333. The third kappa shape index (κ3) is 2.83. The van der Waals surface area contributed by atoms with Crippen molar-refractivity contribution < 1.29 is 19.1 Å². The number of benzene rings is 2. The predicted octanol–water partition coefficient (Wildman–Crippen LogP) is 3.03. The number of anilines is 1. The number of hydrogen-bond acceptors (Lipinski definition) is 4. The summed E-state index contributed by atoms with van der Waals surface area (Å²) in [6.07, 6.45) is 0. The zero-order chi connectivity index (χ0) is 20.1. The van der Waals surface area contributed by atoms with Gasteiger partial charge >= 0.3 is 6.03 Å². The molecule has 7 nitrogen and oxygen atoms in total. The first-order chi connectivity index (χ1) is 13.3. The number of methoxy groups -OCH3 is 1. The Labute approximate surface area is 163 Å². The number of carbonyl (C=O) groups excluding carboxylic acids is 2. The van der Waals surface area contributed by atoms with Crippen molar-refractivity contribution in [3.05, 3.63) is 53.1 Å². The molecule has 2 aliphatic rings. The number of hydrogen-bond donors (Lipinski definition) is 3. The Balaban J connectivity index is 1.74. The Kier molecular flexibility index (Phi) is 4.18. The number of carbonyl (C=O) groups is 2. The maximum absolute atomic E-state index is 13.3. The fourth-order valence-corrected chi connectivity index (χ4v) is 4.05. The van der Waals surface area contributed by atoms with Crippen LogP contribution in [0.25, 0.3) is 0 Å². The highest BCUT2D eigenvalue weighted by Crippen LogP contribution is 2.48. The summed E-state index contributed by atoms with van der Waals surface area (Å²) in [5, 5.41) is 8.64. The first-order valence-electron chi connectivity index (χ1n) is 9.15. The van der Waals surface area contributed by atoms with Crippen LogP contribution in [0.5, 0.6) is 11.5 Å². The van der Waals surface area contributed by atoms with E-state index < -0.39 is 17.7 Å². The van der Waals surface area contributed by atoms with Gasteiger partial charge in [-0.05, 0) is 38.5 Å². The molecule has 3 atom stereocenters. The van der Waals surface area contributed by atoms with Crippen LogP contribution in [0.3, 0.4) is 0 Å². The van der Waals surface area contributed by atoms with E-state index in [1.54, 1.807) is 20.1 Å². The van der Waals surface area contributed by atoms with E-state index in [-0.39, 0.29) is 11.9 Å². The summed E-state index contributed by atoms with van der Waals surface area (Å²) in [6, 6.07) is 10.4. The van der Waals surface area contributed by atoms with Crippen LogP contribution in [-0.4, -0.2) is 24.8 Å². The Morgan fingerprint density at radius 1 is 1.25 bits per heavy atom. The first-order valence-corrected chi connectivity index (χ1v) is 9.15. The van der Waals surface area contributed by atoms with Crippen molar-refractivity contribution in [3.63, 3.8) is 0 Å². The molecule has 1 fully saturated rings. The minimum atomic E-state index is -1.21. The Morgan fingerprint density at radius 3 is 2.75 bits per heavy atom. The molecule has 0 saturated carbocycles. The van der Waals surface area contributed by atoms with Gasteiger partial charge in [0, 0.05) is 11.3 Å². The molecule has 146 valence electrons.